The summed E-state index contributed by atoms with van der Waals surface area (Å²) in [5.74, 6) is 0.0819. The molecule has 0 spiro atoms. The topological polar surface area (TPSA) is 45.5 Å². The number of aromatic nitrogens is 1. The summed E-state index contributed by atoms with van der Waals surface area (Å²) in [5, 5.41) is 10.4. The third kappa shape index (κ3) is 1.73. The fraction of sp³-hybridized carbons (Fsp3) is 0.400. The second-order valence-corrected chi connectivity index (χ2v) is 6.58. The maximum Gasteiger partial charge on any atom is 0.257 e. The van der Waals surface area contributed by atoms with E-state index in [1.807, 2.05) is 29.1 Å². The summed E-state index contributed by atoms with van der Waals surface area (Å²) in [6.07, 6.45) is 6.87. The van der Waals surface area contributed by atoms with Crippen LogP contribution in [0.1, 0.15) is 27.2 Å². The number of likely N-dealkylation sites (tertiary alicyclic amines) is 1. The molecular formula is C15H16N2O2S. The second-order valence-electron chi connectivity index (χ2n) is 5.49. The van der Waals surface area contributed by atoms with E-state index in [2.05, 4.69) is 0 Å². The molecule has 4 nitrogen and oxygen atoms in total. The summed E-state index contributed by atoms with van der Waals surface area (Å²) in [7, 11) is 0. The van der Waals surface area contributed by atoms with Crippen molar-refractivity contribution < 1.29 is 9.90 Å². The number of aliphatic hydroxyl groups is 1. The quantitative estimate of drug-likeness (QED) is 0.916. The molecule has 0 saturated carbocycles. The maximum atomic E-state index is 12.7. The number of aryl methyl sites for hydroxylation is 1. The van der Waals surface area contributed by atoms with Gasteiger partial charge in [-0.2, -0.15) is 0 Å². The number of carbonyl (C=O) groups is 1. The lowest BCUT2D eigenvalue weighted by Crippen LogP contribution is -2.53. The van der Waals surface area contributed by atoms with Crippen molar-refractivity contribution in [2.24, 2.45) is 0 Å². The molecule has 104 valence electrons. The van der Waals surface area contributed by atoms with Gasteiger partial charge in [0, 0.05) is 30.4 Å². The maximum absolute atomic E-state index is 12.7. The number of hydrogen-bond donors (Lipinski definition) is 1. The van der Waals surface area contributed by atoms with Crippen LogP contribution in [0.2, 0.25) is 0 Å². The minimum Gasteiger partial charge on any atom is -0.389 e. The van der Waals surface area contributed by atoms with Gasteiger partial charge in [0.1, 0.15) is 5.00 Å². The van der Waals surface area contributed by atoms with Crippen LogP contribution < -0.4 is 0 Å². The first-order chi connectivity index (χ1) is 9.74. The predicted octanol–water partition coefficient (Wildman–Crippen LogP) is 1.84. The van der Waals surface area contributed by atoms with Crippen molar-refractivity contribution in [1.82, 2.24) is 9.47 Å². The zero-order valence-corrected chi connectivity index (χ0v) is 11.9. The van der Waals surface area contributed by atoms with E-state index in [-0.39, 0.29) is 12.0 Å². The largest absolute Gasteiger partial charge is 0.389 e. The van der Waals surface area contributed by atoms with E-state index in [0.717, 1.165) is 29.8 Å². The van der Waals surface area contributed by atoms with E-state index in [1.165, 1.54) is 10.4 Å². The number of aliphatic hydroxyl groups excluding tert-OH is 1. The summed E-state index contributed by atoms with van der Waals surface area (Å²) < 4.78 is 2.03. The average Bonchev–Trinajstić information content (AvgIpc) is 3.08. The molecule has 1 aliphatic heterocycles. The first kappa shape index (κ1) is 12.2. The van der Waals surface area contributed by atoms with Crippen molar-refractivity contribution in [2.75, 3.05) is 13.1 Å². The van der Waals surface area contributed by atoms with Crippen LogP contribution in [-0.4, -0.2) is 39.7 Å². The van der Waals surface area contributed by atoms with Crippen molar-refractivity contribution >= 4 is 17.2 Å². The van der Waals surface area contributed by atoms with Crippen LogP contribution in [0.3, 0.4) is 0 Å². The molecule has 0 atom stereocenters. The Hall–Kier alpha value is -1.59. The van der Waals surface area contributed by atoms with E-state index in [9.17, 15) is 9.90 Å². The van der Waals surface area contributed by atoms with Crippen molar-refractivity contribution in [3.8, 4) is 5.00 Å². The Balaban J connectivity index is 1.79. The number of fused-ring (bicyclic) bond motifs is 1. The van der Waals surface area contributed by atoms with Gasteiger partial charge in [0.2, 0.25) is 0 Å². The number of amides is 1. The van der Waals surface area contributed by atoms with Gasteiger partial charge < -0.3 is 14.6 Å². The van der Waals surface area contributed by atoms with Crippen LogP contribution in [0.25, 0.3) is 5.00 Å². The number of thiophene rings is 1. The molecule has 2 aromatic rings. The summed E-state index contributed by atoms with van der Waals surface area (Å²) in [5.41, 5.74) is 2.11. The molecule has 0 radical (unpaired) electrons. The fourth-order valence-corrected chi connectivity index (χ4v) is 4.39. The van der Waals surface area contributed by atoms with Crippen LogP contribution in [0.5, 0.6) is 0 Å². The van der Waals surface area contributed by atoms with Gasteiger partial charge in [-0.05, 0) is 37.0 Å². The lowest BCUT2D eigenvalue weighted by atomic mass is 10.1. The van der Waals surface area contributed by atoms with Crippen LogP contribution in [0.4, 0.5) is 0 Å². The normalized spacial score (nSPS) is 18.1. The average molecular weight is 288 g/mol. The van der Waals surface area contributed by atoms with Crippen LogP contribution in [-0.2, 0) is 12.8 Å². The van der Waals surface area contributed by atoms with Gasteiger partial charge in [-0.1, -0.05) is 0 Å². The van der Waals surface area contributed by atoms with Gasteiger partial charge in [0.15, 0.2) is 0 Å². The number of β-amino-alcohol motifs (C(OH)–C–C–N with tert-alkyl or cyclic N) is 1. The number of nitrogens with zero attached hydrogens (tertiary/aromatic N) is 2. The Labute approximate surface area is 121 Å². The lowest BCUT2D eigenvalue weighted by Gasteiger charge is -2.36. The third-order valence-corrected chi connectivity index (χ3v) is 5.41. The lowest BCUT2D eigenvalue weighted by molar-refractivity contribution is 0.00586. The highest BCUT2D eigenvalue weighted by Crippen LogP contribution is 2.38. The summed E-state index contributed by atoms with van der Waals surface area (Å²) >= 11 is 1.74. The molecule has 2 aliphatic rings. The molecule has 2 aromatic heterocycles. The molecule has 0 unspecified atom stereocenters. The Bertz CT molecular complexity index is 654. The molecule has 20 heavy (non-hydrogen) atoms. The van der Waals surface area contributed by atoms with Gasteiger partial charge in [0.25, 0.3) is 5.91 Å². The van der Waals surface area contributed by atoms with Crippen LogP contribution in [0, 0.1) is 0 Å². The molecule has 1 amide bonds. The van der Waals surface area contributed by atoms with Gasteiger partial charge in [0.05, 0.1) is 11.7 Å². The van der Waals surface area contributed by atoms with Gasteiger partial charge in [-0.25, -0.2) is 0 Å². The van der Waals surface area contributed by atoms with Crippen molar-refractivity contribution in [3.05, 3.63) is 40.5 Å². The summed E-state index contributed by atoms with van der Waals surface area (Å²) in [4.78, 5) is 15.8. The molecule has 3 heterocycles. The van der Waals surface area contributed by atoms with Crippen molar-refractivity contribution in [1.29, 1.82) is 0 Å². The Morgan fingerprint density at radius 3 is 2.70 bits per heavy atom. The van der Waals surface area contributed by atoms with E-state index < -0.39 is 0 Å². The van der Waals surface area contributed by atoms with Crippen LogP contribution in [0.15, 0.2) is 24.5 Å². The second kappa shape index (κ2) is 4.46. The predicted molar refractivity (Wildman–Crippen MR) is 77.6 cm³/mol. The molecule has 1 N–H and O–H groups in total. The minimum atomic E-state index is -0.347. The number of hydrogen-bond acceptors (Lipinski definition) is 3. The van der Waals surface area contributed by atoms with Gasteiger partial charge in [-0.3, -0.25) is 4.79 Å². The standard InChI is InChI=1S/C15H16N2O2S/c18-10-8-17(9-10)14(19)13-11-4-3-5-12(11)20-15(13)16-6-1-2-7-16/h1-2,6-7,10,18H,3-5,8-9H2. The SMILES string of the molecule is O=C(c1c(-n2cccc2)sc2c1CCC2)N1CC(O)C1. The number of rotatable bonds is 2. The van der Waals surface area contributed by atoms with Crippen molar-refractivity contribution in [3.63, 3.8) is 0 Å². The Kier molecular flexibility index (Phi) is 2.72. The molecule has 5 heteroatoms. The molecule has 0 aromatic carbocycles. The summed E-state index contributed by atoms with van der Waals surface area (Å²) in [6.45, 7) is 0.934. The number of carbonyl (C=O) groups excluding carboxylic acids is 1. The monoisotopic (exact) mass is 288 g/mol. The van der Waals surface area contributed by atoms with Crippen molar-refractivity contribution in [2.45, 2.75) is 25.4 Å². The van der Waals surface area contributed by atoms with Gasteiger partial charge >= 0.3 is 0 Å². The van der Waals surface area contributed by atoms with E-state index in [4.69, 9.17) is 0 Å². The molecule has 1 aliphatic carbocycles. The van der Waals surface area contributed by atoms with E-state index >= 15 is 0 Å². The Morgan fingerprint density at radius 2 is 2.00 bits per heavy atom. The molecule has 4 rings (SSSR count). The third-order valence-electron chi connectivity index (χ3n) is 4.11. The van der Waals surface area contributed by atoms with E-state index in [0.29, 0.717) is 13.1 Å². The smallest absolute Gasteiger partial charge is 0.257 e. The zero-order valence-electron chi connectivity index (χ0n) is 11.1. The highest BCUT2D eigenvalue weighted by atomic mass is 32.1. The highest BCUT2D eigenvalue weighted by molar-refractivity contribution is 7.15. The zero-order chi connectivity index (χ0) is 13.7. The highest BCUT2D eigenvalue weighted by Gasteiger charge is 2.35. The van der Waals surface area contributed by atoms with E-state index in [1.54, 1.807) is 16.2 Å². The fourth-order valence-electron chi connectivity index (χ4n) is 3.04. The molecule has 1 saturated heterocycles. The molecular weight excluding hydrogens is 272 g/mol. The molecule has 1 fully saturated rings. The summed E-state index contributed by atoms with van der Waals surface area (Å²) in [6, 6.07) is 3.96. The molecule has 0 bridgehead atoms. The van der Waals surface area contributed by atoms with Crippen LogP contribution >= 0.6 is 11.3 Å². The first-order valence-electron chi connectivity index (χ1n) is 6.99. The first-order valence-corrected chi connectivity index (χ1v) is 7.81. The van der Waals surface area contributed by atoms with Gasteiger partial charge in [-0.15, -0.1) is 11.3 Å². The minimum absolute atomic E-state index is 0.0819. The Morgan fingerprint density at radius 1 is 1.25 bits per heavy atom.